The van der Waals surface area contributed by atoms with E-state index in [4.69, 9.17) is 0 Å². The third-order valence-electron chi connectivity index (χ3n) is 2.86. The fourth-order valence-corrected chi connectivity index (χ4v) is 1.95. The Labute approximate surface area is 107 Å². The number of anilines is 1. The van der Waals surface area contributed by atoms with Crippen molar-refractivity contribution in [2.45, 2.75) is 37.3 Å². The van der Waals surface area contributed by atoms with E-state index in [0.29, 0.717) is 5.56 Å². The zero-order valence-electron chi connectivity index (χ0n) is 10.6. The van der Waals surface area contributed by atoms with Gasteiger partial charge in [0.2, 0.25) is 0 Å². The molecular formula is C13H18N2OS. The van der Waals surface area contributed by atoms with Crippen molar-refractivity contribution in [2.75, 3.05) is 11.6 Å². The summed E-state index contributed by atoms with van der Waals surface area (Å²) >= 11 is 1.54. The molecule has 3 nitrogen and oxygen atoms in total. The van der Waals surface area contributed by atoms with Gasteiger partial charge in [0.05, 0.1) is 22.9 Å². The summed E-state index contributed by atoms with van der Waals surface area (Å²) in [5, 5.41) is 22.1. The van der Waals surface area contributed by atoms with E-state index < -0.39 is 11.6 Å². The molecule has 0 aliphatic carbocycles. The molecule has 1 aromatic carbocycles. The molecule has 0 saturated heterocycles. The van der Waals surface area contributed by atoms with Crippen LogP contribution >= 0.6 is 11.8 Å². The van der Waals surface area contributed by atoms with Gasteiger partial charge in [-0.05, 0) is 39.2 Å². The first kappa shape index (κ1) is 13.9. The Bertz CT molecular complexity index is 436. The first-order valence-electron chi connectivity index (χ1n) is 5.45. The van der Waals surface area contributed by atoms with Gasteiger partial charge in [0.15, 0.2) is 0 Å². The third-order valence-corrected chi connectivity index (χ3v) is 3.64. The summed E-state index contributed by atoms with van der Waals surface area (Å²) in [6.07, 6.45) is 1.44. The molecule has 1 rings (SSSR count). The monoisotopic (exact) mass is 250 g/mol. The van der Waals surface area contributed by atoms with E-state index in [1.165, 1.54) is 0 Å². The molecule has 0 spiro atoms. The molecule has 0 radical (unpaired) electrons. The summed E-state index contributed by atoms with van der Waals surface area (Å²) < 4.78 is 0. The summed E-state index contributed by atoms with van der Waals surface area (Å²) in [7, 11) is 0. The van der Waals surface area contributed by atoms with E-state index in [1.54, 1.807) is 18.7 Å². The average Bonchev–Trinajstić information content (AvgIpc) is 2.27. The van der Waals surface area contributed by atoms with E-state index in [-0.39, 0.29) is 0 Å². The van der Waals surface area contributed by atoms with Gasteiger partial charge in [0.25, 0.3) is 0 Å². The summed E-state index contributed by atoms with van der Waals surface area (Å²) in [5.74, 6) is 0. The molecule has 92 valence electrons. The maximum Gasteiger partial charge on any atom is 0.102 e. The lowest BCUT2D eigenvalue weighted by Gasteiger charge is -2.31. The smallest absolute Gasteiger partial charge is 0.102 e. The highest BCUT2D eigenvalue weighted by Gasteiger charge is 2.25. The lowest BCUT2D eigenvalue weighted by molar-refractivity contribution is 0.133. The van der Waals surface area contributed by atoms with Gasteiger partial charge in [0, 0.05) is 4.90 Å². The minimum atomic E-state index is -0.507. The highest BCUT2D eigenvalue weighted by molar-refractivity contribution is 7.98. The predicted molar refractivity (Wildman–Crippen MR) is 72.3 cm³/mol. The third kappa shape index (κ3) is 3.15. The van der Waals surface area contributed by atoms with Crippen molar-refractivity contribution in [3.05, 3.63) is 23.8 Å². The van der Waals surface area contributed by atoms with Crippen LogP contribution in [0.25, 0.3) is 0 Å². The minimum absolute atomic E-state index is 0.470. The number of hydrogen-bond acceptors (Lipinski definition) is 4. The van der Waals surface area contributed by atoms with Crippen molar-refractivity contribution in [1.29, 1.82) is 5.26 Å². The van der Waals surface area contributed by atoms with Crippen LogP contribution in [0.3, 0.4) is 0 Å². The zero-order chi connectivity index (χ0) is 13.1. The summed E-state index contributed by atoms with van der Waals surface area (Å²) in [5.41, 5.74) is 0.932. The standard InChI is InChI=1S/C13H18N2OS/c1-9(16)13(2,3)15-11-6-5-7-12(17-4)10(11)8-14/h5-7,9,15-16H,1-4H3. The van der Waals surface area contributed by atoms with Crippen LogP contribution in [0.15, 0.2) is 23.1 Å². The number of nitrogens with one attached hydrogen (secondary N) is 1. The Morgan fingerprint density at radius 3 is 2.59 bits per heavy atom. The molecule has 1 atom stereocenters. The first-order valence-corrected chi connectivity index (χ1v) is 6.68. The normalized spacial score (nSPS) is 12.9. The largest absolute Gasteiger partial charge is 0.391 e. The molecule has 0 fully saturated rings. The van der Waals surface area contributed by atoms with Gasteiger partial charge in [0.1, 0.15) is 6.07 Å². The first-order chi connectivity index (χ1) is 7.92. The van der Waals surface area contributed by atoms with Crippen molar-refractivity contribution < 1.29 is 5.11 Å². The number of nitrogens with zero attached hydrogens (tertiary/aromatic N) is 1. The zero-order valence-corrected chi connectivity index (χ0v) is 11.4. The summed E-state index contributed by atoms with van der Waals surface area (Å²) in [6.45, 7) is 5.55. The minimum Gasteiger partial charge on any atom is -0.391 e. The topological polar surface area (TPSA) is 56.0 Å². The van der Waals surface area contributed by atoms with Gasteiger partial charge in [-0.25, -0.2) is 0 Å². The van der Waals surface area contributed by atoms with Gasteiger partial charge in [-0.3, -0.25) is 0 Å². The maximum absolute atomic E-state index is 9.68. The van der Waals surface area contributed by atoms with Crippen LogP contribution in [-0.2, 0) is 0 Å². The van der Waals surface area contributed by atoms with Crippen LogP contribution in [0.4, 0.5) is 5.69 Å². The van der Waals surface area contributed by atoms with Crippen molar-refractivity contribution in [2.24, 2.45) is 0 Å². The Kier molecular flexibility index (Phi) is 4.44. The number of aliphatic hydroxyl groups is 1. The number of nitriles is 1. The number of hydrogen-bond donors (Lipinski definition) is 2. The van der Waals surface area contributed by atoms with Crippen molar-refractivity contribution in [3.63, 3.8) is 0 Å². The molecule has 0 heterocycles. The highest BCUT2D eigenvalue weighted by Crippen LogP contribution is 2.28. The molecule has 4 heteroatoms. The number of rotatable bonds is 4. The van der Waals surface area contributed by atoms with Crippen LogP contribution in [-0.4, -0.2) is 23.0 Å². The van der Waals surface area contributed by atoms with E-state index >= 15 is 0 Å². The maximum atomic E-state index is 9.68. The quantitative estimate of drug-likeness (QED) is 0.807. The van der Waals surface area contributed by atoms with Gasteiger partial charge in [-0.2, -0.15) is 5.26 Å². The van der Waals surface area contributed by atoms with E-state index in [2.05, 4.69) is 11.4 Å². The fourth-order valence-electron chi connectivity index (χ4n) is 1.37. The molecule has 17 heavy (non-hydrogen) atoms. The molecule has 1 aromatic rings. The highest BCUT2D eigenvalue weighted by atomic mass is 32.2. The van der Waals surface area contributed by atoms with Crippen LogP contribution in [0.5, 0.6) is 0 Å². The fraction of sp³-hybridized carbons (Fsp3) is 0.462. The summed E-state index contributed by atoms with van der Waals surface area (Å²) in [4.78, 5) is 0.943. The van der Waals surface area contributed by atoms with Gasteiger partial charge in [-0.1, -0.05) is 6.07 Å². The lowest BCUT2D eigenvalue weighted by Crippen LogP contribution is -2.42. The van der Waals surface area contributed by atoms with Crippen molar-refractivity contribution in [3.8, 4) is 6.07 Å². The Morgan fingerprint density at radius 2 is 2.12 bits per heavy atom. The summed E-state index contributed by atoms with van der Waals surface area (Å²) in [6, 6.07) is 7.91. The number of aliphatic hydroxyl groups excluding tert-OH is 1. The van der Waals surface area contributed by atoms with Crippen LogP contribution in [0.1, 0.15) is 26.3 Å². The Morgan fingerprint density at radius 1 is 1.47 bits per heavy atom. The van der Waals surface area contributed by atoms with Crippen LogP contribution < -0.4 is 5.32 Å². The number of benzene rings is 1. The van der Waals surface area contributed by atoms with E-state index in [0.717, 1.165) is 10.6 Å². The van der Waals surface area contributed by atoms with Crippen molar-refractivity contribution >= 4 is 17.4 Å². The van der Waals surface area contributed by atoms with Gasteiger partial charge < -0.3 is 10.4 Å². The second-order valence-corrected chi connectivity index (χ2v) is 5.37. The molecule has 0 aromatic heterocycles. The van der Waals surface area contributed by atoms with Gasteiger partial charge in [-0.15, -0.1) is 11.8 Å². The van der Waals surface area contributed by atoms with E-state index in [1.807, 2.05) is 38.3 Å². The van der Waals surface area contributed by atoms with Crippen LogP contribution in [0, 0.1) is 11.3 Å². The SMILES string of the molecule is CSc1cccc(NC(C)(C)C(C)O)c1C#N. The molecule has 0 amide bonds. The molecular weight excluding hydrogens is 232 g/mol. The Hall–Kier alpha value is -1.18. The molecule has 0 aliphatic rings. The molecule has 2 N–H and O–H groups in total. The lowest BCUT2D eigenvalue weighted by atomic mass is 9.97. The van der Waals surface area contributed by atoms with Gasteiger partial charge >= 0.3 is 0 Å². The molecule has 0 bridgehead atoms. The van der Waals surface area contributed by atoms with Crippen molar-refractivity contribution in [1.82, 2.24) is 0 Å². The second-order valence-electron chi connectivity index (χ2n) is 4.52. The molecule has 0 aliphatic heterocycles. The Balaban J connectivity index is 3.12. The second kappa shape index (κ2) is 5.44. The molecule has 1 unspecified atom stereocenters. The average molecular weight is 250 g/mol. The van der Waals surface area contributed by atoms with E-state index in [9.17, 15) is 10.4 Å². The molecule has 0 saturated carbocycles. The predicted octanol–water partition coefficient (Wildman–Crippen LogP) is 2.85. The van der Waals surface area contributed by atoms with Crippen LogP contribution in [0.2, 0.25) is 0 Å². The number of thioether (sulfide) groups is 1.